The molecule has 0 radical (unpaired) electrons. The number of aliphatic carboxylic acids is 1. The molecule has 1 aliphatic heterocycles. The highest BCUT2D eigenvalue weighted by atomic mass is 79.9. The summed E-state index contributed by atoms with van der Waals surface area (Å²) in [5, 5.41) is 13.1. The zero-order valence-electron chi connectivity index (χ0n) is 13.0. The van der Waals surface area contributed by atoms with Crippen LogP contribution in [0.1, 0.15) is 23.3 Å². The van der Waals surface area contributed by atoms with Gasteiger partial charge in [0.25, 0.3) is 5.91 Å². The molecule has 1 aromatic heterocycles. The number of carbonyl (C=O) groups excluding carboxylic acids is 1. The number of halogens is 1. The Morgan fingerprint density at radius 2 is 2.08 bits per heavy atom. The number of carboxylic acid groups (broad SMARTS) is 1. The zero-order valence-corrected chi connectivity index (χ0v) is 14.6. The third kappa shape index (κ3) is 3.79. The third-order valence-electron chi connectivity index (χ3n) is 4.46. The smallest absolute Gasteiger partial charge is 0.308 e. The van der Waals surface area contributed by atoms with Crippen LogP contribution in [0, 0.1) is 11.8 Å². The summed E-state index contributed by atoms with van der Waals surface area (Å²) in [5.74, 6) is -1.71. The number of carbonyl (C=O) groups is 2. The molecule has 3 N–H and O–H groups in total. The van der Waals surface area contributed by atoms with Gasteiger partial charge in [-0.1, -0.05) is 22.0 Å². The molecule has 24 heavy (non-hydrogen) atoms. The summed E-state index contributed by atoms with van der Waals surface area (Å²) in [4.78, 5) is 26.9. The van der Waals surface area contributed by atoms with Gasteiger partial charge in [0.15, 0.2) is 0 Å². The molecular weight excluding hydrogens is 376 g/mol. The maximum atomic E-state index is 12.3. The number of benzene rings is 1. The van der Waals surface area contributed by atoms with Crippen LogP contribution in [-0.2, 0) is 9.53 Å². The predicted octanol–water partition coefficient (Wildman–Crippen LogP) is 2.79. The maximum Gasteiger partial charge on any atom is 0.308 e. The molecule has 0 saturated carbocycles. The van der Waals surface area contributed by atoms with Crippen LogP contribution in [-0.4, -0.2) is 41.7 Å². The van der Waals surface area contributed by atoms with Crippen molar-refractivity contribution >= 4 is 38.7 Å². The van der Waals surface area contributed by atoms with Gasteiger partial charge in [-0.2, -0.15) is 0 Å². The monoisotopic (exact) mass is 394 g/mol. The Balaban J connectivity index is 1.67. The zero-order chi connectivity index (χ0) is 17.1. The number of aromatic amines is 1. The Kier molecular flexibility index (Phi) is 5.20. The molecule has 1 aromatic carbocycles. The lowest BCUT2D eigenvalue weighted by molar-refractivity contribution is -0.144. The summed E-state index contributed by atoms with van der Waals surface area (Å²) in [6.07, 6.45) is 1.43. The molecule has 1 unspecified atom stereocenters. The fourth-order valence-corrected chi connectivity index (χ4v) is 3.45. The first-order chi connectivity index (χ1) is 11.5. The fraction of sp³-hybridized carbons (Fsp3) is 0.412. The molecule has 1 saturated heterocycles. The molecule has 0 spiro atoms. The molecule has 0 bridgehead atoms. The SMILES string of the molecule is O=C(NCC(C(=O)O)C1CCOCC1)c1cc2ccc(Br)cc2[nH]1. The second-order valence-corrected chi connectivity index (χ2v) is 6.93. The normalized spacial score (nSPS) is 16.9. The average molecular weight is 395 g/mol. The van der Waals surface area contributed by atoms with Gasteiger partial charge in [-0.25, -0.2) is 0 Å². The van der Waals surface area contributed by atoms with Gasteiger partial charge in [0.05, 0.1) is 5.92 Å². The van der Waals surface area contributed by atoms with Crippen LogP contribution in [0.2, 0.25) is 0 Å². The summed E-state index contributed by atoms with van der Waals surface area (Å²) < 4.78 is 6.20. The van der Waals surface area contributed by atoms with Crippen molar-refractivity contribution in [3.05, 3.63) is 34.4 Å². The Labute approximate surface area is 147 Å². The van der Waals surface area contributed by atoms with Crippen molar-refractivity contribution in [1.82, 2.24) is 10.3 Å². The molecule has 3 rings (SSSR count). The number of amides is 1. The predicted molar refractivity (Wildman–Crippen MR) is 93.0 cm³/mol. The van der Waals surface area contributed by atoms with Crippen LogP contribution < -0.4 is 5.32 Å². The first kappa shape index (κ1) is 17.0. The van der Waals surface area contributed by atoms with E-state index in [1.807, 2.05) is 18.2 Å². The van der Waals surface area contributed by atoms with E-state index < -0.39 is 11.9 Å². The van der Waals surface area contributed by atoms with E-state index in [-0.39, 0.29) is 18.4 Å². The molecule has 7 heteroatoms. The van der Waals surface area contributed by atoms with Gasteiger partial charge in [0.1, 0.15) is 5.69 Å². The van der Waals surface area contributed by atoms with Crippen molar-refractivity contribution in [3.8, 4) is 0 Å². The van der Waals surface area contributed by atoms with E-state index in [1.165, 1.54) is 0 Å². The van der Waals surface area contributed by atoms with Gasteiger partial charge >= 0.3 is 5.97 Å². The quantitative estimate of drug-likeness (QED) is 0.726. The minimum atomic E-state index is -0.872. The van der Waals surface area contributed by atoms with E-state index in [9.17, 15) is 14.7 Å². The number of carboxylic acids is 1. The largest absolute Gasteiger partial charge is 0.481 e. The highest BCUT2D eigenvalue weighted by Crippen LogP contribution is 2.24. The minimum Gasteiger partial charge on any atom is -0.481 e. The van der Waals surface area contributed by atoms with E-state index in [2.05, 4.69) is 26.2 Å². The number of aromatic nitrogens is 1. The Hall–Kier alpha value is -1.86. The topological polar surface area (TPSA) is 91.4 Å². The van der Waals surface area contributed by atoms with Crippen LogP contribution in [0.4, 0.5) is 0 Å². The van der Waals surface area contributed by atoms with E-state index in [1.54, 1.807) is 6.07 Å². The van der Waals surface area contributed by atoms with Gasteiger partial charge in [0, 0.05) is 35.1 Å². The second-order valence-electron chi connectivity index (χ2n) is 6.02. The van der Waals surface area contributed by atoms with Crippen LogP contribution in [0.15, 0.2) is 28.7 Å². The molecule has 128 valence electrons. The second kappa shape index (κ2) is 7.36. The number of H-pyrrole nitrogens is 1. The number of nitrogens with one attached hydrogen (secondary N) is 2. The lowest BCUT2D eigenvalue weighted by Crippen LogP contribution is -2.39. The number of hydrogen-bond acceptors (Lipinski definition) is 3. The summed E-state index contributed by atoms with van der Waals surface area (Å²) in [7, 11) is 0. The molecule has 6 nitrogen and oxygen atoms in total. The first-order valence-corrected chi connectivity index (χ1v) is 8.71. The van der Waals surface area contributed by atoms with Gasteiger partial charge < -0.3 is 20.1 Å². The van der Waals surface area contributed by atoms with Gasteiger partial charge in [-0.05, 0) is 37.0 Å². The maximum absolute atomic E-state index is 12.3. The average Bonchev–Trinajstić information content (AvgIpc) is 2.98. The number of hydrogen-bond donors (Lipinski definition) is 3. The first-order valence-electron chi connectivity index (χ1n) is 7.91. The van der Waals surface area contributed by atoms with Crippen molar-refractivity contribution in [3.63, 3.8) is 0 Å². The summed E-state index contributed by atoms with van der Waals surface area (Å²) in [5.41, 5.74) is 1.29. The Morgan fingerprint density at radius 3 is 2.79 bits per heavy atom. The number of rotatable bonds is 5. The van der Waals surface area contributed by atoms with Crippen molar-refractivity contribution in [2.45, 2.75) is 12.8 Å². The van der Waals surface area contributed by atoms with Crippen molar-refractivity contribution in [2.24, 2.45) is 11.8 Å². The molecule has 1 amide bonds. The number of ether oxygens (including phenoxy) is 1. The Bertz CT molecular complexity index is 752. The molecular formula is C17H19BrN2O4. The van der Waals surface area contributed by atoms with Crippen LogP contribution >= 0.6 is 15.9 Å². The molecule has 1 aliphatic rings. The summed E-state index contributed by atoms with van der Waals surface area (Å²) in [6, 6.07) is 7.48. The fourth-order valence-electron chi connectivity index (χ4n) is 3.09. The van der Waals surface area contributed by atoms with Crippen LogP contribution in [0.5, 0.6) is 0 Å². The molecule has 2 heterocycles. The third-order valence-corrected chi connectivity index (χ3v) is 4.96. The minimum absolute atomic E-state index is 0.0372. The van der Waals surface area contributed by atoms with E-state index in [0.29, 0.717) is 31.7 Å². The van der Waals surface area contributed by atoms with Crippen molar-refractivity contribution < 1.29 is 19.4 Å². The van der Waals surface area contributed by atoms with Gasteiger partial charge in [-0.3, -0.25) is 9.59 Å². The van der Waals surface area contributed by atoms with Crippen molar-refractivity contribution in [1.29, 1.82) is 0 Å². The highest BCUT2D eigenvalue weighted by Gasteiger charge is 2.30. The highest BCUT2D eigenvalue weighted by molar-refractivity contribution is 9.10. The molecule has 1 fully saturated rings. The lowest BCUT2D eigenvalue weighted by atomic mass is 9.86. The van der Waals surface area contributed by atoms with E-state index in [0.717, 1.165) is 15.4 Å². The molecule has 2 aromatic rings. The number of fused-ring (bicyclic) bond motifs is 1. The molecule has 1 atom stereocenters. The summed E-state index contributed by atoms with van der Waals surface area (Å²) in [6.45, 7) is 1.29. The standard InChI is InChI=1S/C17H19BrN2O4/c18-12-2-1-11-7-15(20-14(11)8-12)16(21)19-9-13(17(22)23)10-3-5-24-6-4-10/h1-2,7-8,10,13,20H,3-6,9H2,(H,19,21)(H,22,23). The van der Waals surface area contributed by atoms with Crippen molar-refractivity contribution in [2.75, 3.05) is 19.8 Å². The van der Waals surface area contributed by atoms with E-state index >= 15 is 0 Å². The van der Waals surface area contributed by atoms with Gasteiger partial charge in [0.2, 0.25) is 0 Å². The molecule has 0 aliphatic carbocycles. The lowest BCUT2D eigenvalue weighted by Gasteiger charge is -2.27. The summed E-state index contributed by atoms with van der Waals surface area (Å²) >= 11 is 3.39. The van der Waals surface area contributed by atoms with E-state index in [4.69, 9.17) is 4.74 Å². The van der Waals surface area contributed by atoms with Gasteiger partial charge in [-0.15, -0.1) is 0 Å². The Morgan fingerprint density at radius 1 is 1.33 bits per heavy atom. The van der Waals surface area contributed by atoms with Crippen LogP contribution in [0.3, 0.4) is 0 Å². The van der Waals surface area contributed by atoms with Crippen LogP contribution in [0.25, 0.3) is 10.9 Å².